The predicted octanol–water partition coefficient (Wildman–Crippen LogP) is 2.06. The molecule has 0 bridgehead atoms. The second-order valence-corrected chi connectivity index (χ2v) is 4.44. The molecule has 1 aromatic rings. The highest BCUT2D eigenvalue weighted by Crippen LogP contribution is 2.04. The summed E-state index contributed by atoms with van der Waals surface area (Å²) < 4.78 is 0. The molecule has 1 heterocycles. The summed E-state index contributed by atoms with van der Waals surface area (Å²) in [6.45, 7) is 3.86. The summed E-state index contributed by atoms with van der Waals surface area (Å²) in [4.78, 5) is 6.39. The summed E-state index contributed by atoms with van der Waals surface area (Å²) in [7, 11) is 2.12. The van der Waals surface area contributed by atoms with Crippen LogP contribution in [0.15, 0.2) is 24.5 Å². The fourth-order valence-electron chi connectivity index (χ4n) is 1.70. The first-order valence-corrected chi connectivity index (χ1v) is 5.94. The molecule has 1 rings (SSSR count). The smallest absolute Gasteiger partial charge is 0.0512 e. The van der Waals surface area contributed by atoms with Gasteiger partial charge in [0.25, 0.3) is 0 Å². The fraction of sp³-hybridized carbons (Fsp3) is 0.615. The van der Waals surface area contributed by atoms with Gasteiger partial charge in [0.2, 0.25) is 0 Å². The van der Waals surface area contributed by atoms with Gasteiger partial charge in [0.15, 0.2) is 0 Å². The molecule has 0 aromatic carbocycles. The Hall–Kier alpha value is -0.930. The van der Waals surface area contributed by atoms with Crippen LogP contribution in [-0.4, -0.2) is 34.7 Å². The number of aliphatic hydroxyl groups is 1. The standard InChI is InChI=1S/C13H22N2O/c1-12(16)6-3-4-9-15(2)11-13-7-5-8-14-10-13/h5,7-8,10,12,16H,3-4,6,9,11H2,1-2H3. The lowest BCUT2D eigenvalue weighted by Crippen LogP contribution is -2.19. The Kier molecular flexibility index (Phi) is 6.04. The summed E-state index contributed by atoms with van der Waals surface area (Å²) >= 11 is 0. The van der Waals surface area contributed by atoms with Crippen molar-refractivity contribution in [1.29, 1.82) is 0 Å². The molecule has 1 aromatic heterocycles. The van der Waals surface area contributed by atoms with E-state index in [1.54, 1.807) is 6.20 Å². The van der Waals surface area contributed by atoms with Gasteiger partial charge in [0.05, 0.1) is 6.10 Å². The van der Waals surface area contributed by atoms with Crippen molar-refractivity contribution >= 4 is 0 Å². The maximum absolute atomic E-state index is 9.13. The lowest BCUT2D eigenvalue weighted by Gasteiger charge is -2.16. The highest BCUT2D eigenvalue weighted by atomic mass is 16.3. The molecule has 1 N–H and O–H groups in total. The van der Waals surface area contributed by atoms with Crippen LogP contribution in [0.5, 0.6) is 0 Å². The number of pyridine rings is 1. The Morgan fingerprint density at radius 3 is 2.88 bits per heavy atom. The summed E-state index contributed by atoms with van der Waals surface area (Å²) in [6.07, 6.45) is 6.68. The first-order valence-electron chi connectivity index (χ1n) is 5.94. The normalized spacial score (nSPS) is 13.0. The molecule has 3 nitrogen and oxygen atoms in total. The van der Waals surface area contributed by atoms with Gasteiger partial charge >= 0.3 is 0 Å². The van der Waals surface area contributed by atoms with Crippen molar-refractivity contribution in [3.63, 3.8) is 0 Å². The highest BCUT2D eigenvalue weighted by molar-refractivity contribution is 5.07. The molecule has 1 atom stereocenters. The molecule has 0 radical (unpaired) electrons. The van der Waals surface area contributed by atoms with Gasteiger partial charge < -0.3 is 10.0 Å². The summed E-state index contributed by atoms with van der Waals surface area (Å²) in [5, 5.41) is 9.13. The molecule has 90 valence electrons. The summed E-state index contributed by atoms with van der Waals surface area (Å²) in [6, 6.07) is 4.07. The minimum atomic E-state index is -0.163. The SMILES string of the molecule is CC(O)CCCCN(C)Cc1cccnc1. The van der Waals surface area contributed by atoms with Gasteiger partial charge in [-0.3, -0.25) is 4.98 Å². The predicted molar refractivity (Wildman–Crippen MR) is 66.1 cm³/mol. The van der Waals surface area contributed by atoms with Gasteiger partial charge in [-0.15, -0.1) is 0 Å². The van der Waals surface area contributed by atoms with Crippen LogP contribution in [0.4, 0.5) is 0 Å². The van der Waals surface area contributed by atoms with E-state index in [0.717, 1.165) is 32.4 Å². The lowest BCUT2D eigenvalue weighted by molar-refractivity contribution is 0.178. The average Bonchev–Trinajstić information content (AvgIpc) is 2.25. The molecule has 0 fully saturated rings. The van der Waals surface area contributed by atoms with Crippen molar-refractivity contribution in [3.05, 3.63) is 30.1 Å². The van der Waals surface area contributed by atoms with Crippen LogP contribution >= 0.6 is 0 Å². The molecular formula is C13H22N2O. The van der Waals surface area contributed by atoms with Crippen molar-refractivity contribution < 1.29 is 5.11 Å². The van der Waals surface area contributed by atoms with Crippen molar-refractivity contribution in [2.45, 2.75) is 38.8 Å². The zero-order chi connectivity index (χ0) is 11.8. The molecule has 16 heavy (non-hydrogen) atoms. The Morgan fingerprint density at radius 2 is 2.25 bits per heavy atom. The number of aliphatic hydroxyl groups excluding tert-OH is 1. The van der Waals surface area contributed by atoms with E-state index in [4.69, 9.17) is 5.11 Å². The van der Waals surface area contributed by atoms with Crippen LogP contribution < -0.4 is 0 Å². The van der Waals surface area contributed by atoms with Gasteiger partial charge in [-0.25, -0.2) is 0 Å². The number of nitrogens with zero attached hydrogens (tertiary/aromatic N) is 2. The molecule has 0 aliphatic heterocycles. The van der Waals surface area contributed by atoms with Crippen molar-refractivity contribution in [2.24, 2.45) is 0 Å². The van der Waals surface area contributed by atoms with Crippen LogP contribution in [0, 0.1) is 0 Å². The van der Waals surface area contributed by atoms with Crippen molar-refractivity contribution in [2.75, 3.05) is 13.6 Å². The third-order valence-electron chi connectivity index (χ3n) is 2.59. The zero-order valence-electron chi connectivity index (χ0n) is 10.3. The van der Waals surface area contributed by atoms with E-state index < -0.39 is 0 Å². The maximum Gasteiger partial charge on any atom is 0.0512 e. The third kappa shape index (κ3) is 5.83. The van der Waals surface area contributed by atoms with E-state index in [1.807, 2.05) is 19.2 Å². The van der Waals surface area contributed by atoms with E-state index in [-0.39, 0.29) is 6.10 Å². The Balaban J connectivity index is 2.14. The van der Waals surface area contributed by atoms with Crippen LogP contribution in [0.2, 0.25) is 0 Å². The summed E-state index contributed by atoms with van der Waals surface area (Å²) in [5.74, 6) is 0. The zero-order valence-corrected chi connectivity index (χ0v) is 10.3. The number of hydrogen-bond acceptors (Lipinski definition) is 3. The molecule has 1 unspecified atom stereocenters. The minimum absolute atomic E-state index is 0.163. The molecule has 0 aliphatic rings. The number of aromatic nitrogens is 1. The first kappa shape index (κ1) is 13.1. The molecule has 0 amide bonds. The molecule has 3 heteroatoms. The Labute approximate surface area is 98.1 Å². The molecule has 0 saturated carbocycles. The monoisotopic (exact) mass is 222 g/mol. The van der Waals surface area contributed by atoms with E-state index in [1.165, 1.54) is 5.56 Å². The van der Waals surface area contributed by atoms with E-state index in [9.17, 15) is 0 Å². The van der Waals surface area contributed by atoms with Crippen LogP contribution in [-0.2, 0) is 6.54 Å². The van der Waals surface area contributed by atoms with Crippen molar-refractivity contribution in [3.8, 4) is 0 Å². The first-order chi connectivity index (χ1) is 7.68. The van der Waals surface area contributed by atoms with Gasteiger partial charge in [-0.2, -0.15) is 0 Å². The molecule has 0 saturated heterocycles. The summed E-state index contributed by atoms with van der Waals surface area (Å²) in [5.41, 5.74) is 1.25. The minimum Gasteiger partial charge on any atom is -0.393 e. The fourth-order valence-corrected chi connectivity index (χ4v) is 1.70. The lowest BCUT2D eigenvalue weighted by atomic mass is 10.1. The molecular weight excluding hydrogens is 200 g/mol. The quantitative estimate of drug-likeness (QED) is 0.717. The Morgan fingerprint density at radius 1 is 1.44 bits per heavy atom. The highest BCUT2D eigenvalue weighted by Gasteiger charge is 2.01. The Bertz CT molecular complexity index is 275. The maximum atomic E-state index is 9.13. The van der Waals surface area contributed by atoms with E-state index in [2.05, 4.69) is 23.0 Å². The van der Waals surface area contributed by atoms with Crippen LogP contribution in [0.1, 0.15) is 31.7 Å². The number of rotatable bonds is 7. The number of unbranched alkanes of at least 4 members (excludes halogenated alkanes) is 1. The molecule has 0 aliphatic carbocycles. The van der Waals surface area contributed by atoms with E-state index in [0.29, 0.717) is 0 Å². The van der Waals surface area contributed by atoms with Crippen LogP contribution in [0.3, 0.4) is 0 Å². The topological polar surface area (TPSA) is 36.4 Å². The van der Waals surface area contributed by atoms with Gasteiger partial charge in [0.1, 0.15) is 0 Å². The van der Waals surface area contributed by atoms with E-state index >= 15 is 0 Å². The van der Waals surface area contributed by atoms with Gasteiger partial charge in [-0.05, 0) is 51.4 Å². The van der Waals surface area contributed by atoms with Gasteiger partial charge in [0, 0.05) is 18.9 Å². The average molecular weight is 222 g/mol. The van der Waals surface area contributed by atoms with Gasteiger partial charge in [-0.1, -0.05) is 6.07 Å². The largest absolute Gasteiger partial charge is 0.393 e. The second kappa shape index (κ2) is 7.36. The number of hydrogen-bond donors (Lipinski definition) is 1. The third-order valence-corrected chi connectivity index (χ3v) is 2.59. The van der Waals surface area contributed by atoms with Crippen molar-refractivity contribution in [1.82, 2.24) is 9.88 Å². The van der Waals surface area contributed by atoms with Crippen LogP contribution in [0.25, 0.3) is 0 Å². The molecule has 0 spiro atoms. The second-order valence-electron chi connectivity index (χ2n) is 4.44.